The lowest BCUT2D eigenvalue weighted by Gasteiger charge is -2.17. The van der Waals surface area contributed by atoms with Crippen LogP contribution in [0.1, 0.15) is 63.6 Å². The lowest BCUT2D eigenvalue weighted by atomic mass is 10.1. The molecule has 0 saturated carbocycles. The summed E-state index contributed by atoms with van der Waals surface area (Å²) in [5, 5.41) is 25.8. The molecule has 5 rings (SSSR count). The number of benzene rings is 5. The van der Waals surface area contributed by atoms with Crippen molar-refractivity contribution in [1.29, 1.82) is 0 Å². The molecule has 21 heteroatoms. The van der Waals surface area contributed by atoms with E-state index in [9.17, 15) is 28.8 Å². The van der Waals surface area contributed by atoms with Crippen molar-refractivity contribution in [3.63, 3.8) is 0 Å². The molecule has 0 heterocycles. The van der Waals surface area contributed by atoms with Crippen LogP contribution < -0.4 is 30.7 Å². The summed E-state index contributed by atoms with van der Waals surface area (Å²) >= 11 is 31.9. The van der Waals surface area contributed by atoms with E-state index in [1.165, 1.54) is 68.8 Å². The van der Waals surface area contributed by atoms with Crippen molar-refractivity contribution in [1.82, 2.24) is 0 Å². The van der Waals surface area contributed by atoms with Gasteiger partial charge in [0.05, 0.1) is 52.5 Å². The van der Waals surface area contributed by atoms with Gasteiger partial charge < -0.3 is 30.7 Å². The van der Waals surface area contributed by atoms with Crippen molar-refractivity contribution in [2.45, 2.75) is 50.0 Å². The Hall–Kier alpha value is -6.43. The molecule has 4 N–H and O–H groups in total. The minimum absolute atomic E-state index is 0.00107. The van der Waals surface area contributed by atoms with Crippen LogP contribution in [0.5, 0.6) is 11.5 Å². The molecule has 67 heavy (non-hydrogen) atoms. The maximum Gasteiger partial charge on any atom is 0.258 e. The van der Waals surface area contributed by atoms with E-state index < -0.39 is 52.7 Å². The Labute approximate surface area is 409 Å². The van der Waals surface area contributed by atoms with Gasteiger partial charge in [-0.2, -0.15) is 20.5 Å². The number of amides is 4. The lowest BCUT2D eigenvalue weighted by Crippen LogP contribution is -2.32. The fraction of sp³-hybridized carbons (Fsp3) is 0.217. The Balaban J connectivity index is 1.29. The maximum absolute atomic E-state index is 13.5. The molecular weight excluding hydrogens is 970 g/mol. The van der Waals surface area contributed by atoms with Gasteiger partial charge in [0.1, 0.15) is 22.9 Å². The third-order valence-electron chi connectivity index (χ3n) is 9.75. The van der Waals surface area contributed by atoms with Crippen molar-refractivity contribution in [2.24, 2.45) is 20.5 Å². The maximum atomic E-state index is 13.5. The van der Waals surface area contributed by atoms with Gasteiger partial charge in [0.15, 0.2) is 11.6 Å². The Morgan fingerprint density at radius 2 is 1.01 bits per heavy atom. The molecule has 3 atom stereocenters. The smallest absolute Gasteiger partial charge is 0.258 e. The summed E-state index contributed by atoms with van der Waals surface area (Å²) in [6, 6.07) is 19.9. The molecule has 16 nitrogen and oxygen atoms in total. The van der Waals surface area contributed by atoms with E-state index >= 15 is 0 Å². The van der Waals surface area contributed by atoms with E-state index in [0.29, 0.717) is 39.6 Å². The van der Waals surface area contributed by atoms with E-state index in [0.717, 1.165) is 13.8 Å². The second-order valence-electron chi connectivity index (χ2n) is 14.3. The average molecular weight is 1010 g/mol. The van der Waals surface area contributed by atoms with Gasteiger partial charge in [-0.05, 0) is 93.1 Å². The number of carbonyl (C=O) groups is 6. The molecule has 0 bridgehead atoms. The number of nitrogens with zero attached hydrogens (tertiary/aromatic N) is 4. The topological polar surface area (TPSA) is 218 Å². The largest absolute Gasteiger partial charge is 0.496 e. The molecule has 0 aliphatic heterocycles. The van der Waals surface area contributed by atoms with Crippen molar-refractivity contribution in [2.75, 3.05) is 35.5 Å². The highest BCUT2D eigenvalue weighted by Gasteiger charge is 2.27. The summed E-state index contributed by atoms with van der Waals surface area (Å²) in [4.78, 5) is 79.0. The quantitative estimate of drug-likeness (QED) is 0.0353. The number of alkyl halides is 3. The normalized spacial score (nSPS) is 12.5. The van der Waals surface area contributed by atoms with E-state index in [-0.39, 0.29) is 55.7 Å². The SMILES string of the molecule is COc1cccc(NC(=O)c2cccc(N=NC(C(C)=O)C(=O)Nc3ccc(NC(=O)C(N=Nc4cccc(C(=O)Nc5cccc(OC)c5CCl)c4Cl)C(C)=O)c(C(C)Cl)c3)c2Cl)c1CCl. The number of Topliss-reactive ketones (excluding diaryl/α,β-unsaturated/α-hetero) is 2. The molecule has 5 aromatic carbocycles. The van der Waals surface area contributed by atoms with Gasteiger partial charge in [0, 0.05) is 33.9 Å². The predicted octanol–water partition coefficient (Wildman–Crippen LogP) is 11.7. The zero-order valence-corrected chi connectivity index (χ0v) is 40.0. The number of hydrogen-bond donors (Lipinski definition) is 4. The molecule has 0 fully saturated rings. The number of anilines is 4. The molecule has 3 unspecified atom stereocenters. The van der Waals surface area contributed by atoms with E-state index in [2.05, 4.69) is 41.7 Å². The summed E-state index contributed by atoms with van der Waals surface area (Å²) < 4.78 is 10.7. The van der Waals surface area contributed by atoms with Crippen LogP contribution in [0.3, 0.4) is 0 Å². The van der Waals surface area contributed by atoms with Gasteiger partial charge in [-0.15, -0.1) is 34.8 Å². The molecule has 0 radical (unpaired) electrons. The third-order valence-corrected chi connectivity index (χ3v) is 11.3. The van der Waals surface area contributed by atoms with Gasteiger partial charge in [0.25, 0.3) is 23.6 Å². The van der Waals surface area contributed by atoms with Crippen LogP contribution in [0.15, 0.2) is 111 Å². The van der Waals surface area contributed by atoms with E-state index in [1.54, 1.807) is 43.3 Å². The fourth-order valence-electron chi connectivity index (χ4n) is 6.32. The number of azo groups is 2. The minimum atomic E-state index is -1.66. The zero-order chi connectivity index (χ0) is 48.9. The van der Waals surface area contributed by atoms with Crippen LogP contribution in [-0.2, 0) is 30.9 Å². The minimum Gasteiger partial charge on any atom is -0.496 e. The van der Waals surface area contributed by atoms with Crippen LogP contribution in [0.2, 0.25) is 10.0 Å². The average Bonchev–Trinajstić information content (AvgIpc) is 3.29. The first-order valence-corrected chi connectivity index (χ1v) is 22.1. The molecule has 5 aromatic rings. The second-order valence-corrected chi connectivity index (χ2v) is 16.2. The molecule has 0 aromatic heterocycles. The van der Waals surface area contributed by atoms with Crippen molar-refractivity contribution in [3.05, 3.63) is 129 Å². The molecule has 0 aliphatic carbocycles. The summed E-state index contributed by atoms with van der Waals surface area (Å²) in [6.07, 6.45) is 0. The zero-order valence-electron chi connectivity index (χ0n) is 36.3. The first kappa shape index (κ1) is 51.6. The van der Waals surface area contributed by atoms with Gasteiger partial charge in [-0.1, -0.05) is 47.5 Å². The number of ketones is 2. The van der Waals surface area contributed by atoms with Crippen LogP contribution >= 0.6 is 58.0 Å². The highest BCUT2D eigenvalue weighted by Crippen LogP contribution is 2.35. The summed E-state index contributed by atoms with van der Waals surface area (Å²) in [5.74, 6) is -3.18. The number of carbonyl (C=O) groups excluding carboxylic acids is 6. The van der Waals surface area contributed by atoms with Gasteiger partial charge in [-0.3, -0.25) is 28.8 Å². The first-order valence-electron chi connectivity index (χ1n) is 19.9. The van der Waals surface area contributed by atoms with Gasteiger partial charge in [0.2, 0.25) is 12.1 Å². The number of ether oxygens (including phenoxy) is 2. The van der Waals surface area contributed by atoms with Gasteiger partial charge in [-0.25, -0.2) is 0 Å². The van der Waals surface area contributed by atoms with Crippen molar-refractivity contribution in [3.8, 4) is 11.5 Å². The summed E-state index contributed by atoms with van der Waals surface area (Å²) in [6.45, 7) is 3.90. The Bertz CT molecular complexity index is 2790. The number of hydrogen-bond acceptors (Lipinski definition) is 12. The van der Waals surface area contributed by atoms with Crippen molar-refractivity contribution < 1.29 is 38.2 Å². The van der Waals surface area contributed by atoms with Gasteiger partial charge >= 0.3 is 0 Å². The number of halogens is 5. The third kappa shape index (κ3) is 12.7. The predicted molar refractivity (Wildman–Crippen MR) is 260 cm³/mol. The molecule has 0 saturated heterocycles. The van der Waals surface area contributed by atoms with Crippen LogP contribution in [-0.4, -0.2) is 61.5 Å². The summed E-state index contributed by atoms with van der Waals surface area (Å²) in [5.41, 5.74) is 2.64. The molecular formula is C46H41Cl5N8O8. The highest BCUT2D eigenvalue weighted by atomic mass is 35.5. The standard InChI is InChI=1S/C46H41Cl5N8O8/c1-23(49)29-20-26(52-45(64)41(24(2)60)58-56-35-14-6-10-27(39(35)50)43(62)53-32-12-8-16-37(66-4)30(32)21-47)18-19-34(29)55-46(65)42(25(3)61)59-57-36-15-7-11-28(40(36)51)44(63)54-33-13-9-17-38(67-5)31(33)22-48/h6-20,23,41-42H,21-22H2,1-5H3,(H,52,64)(H,53,62)(H,54,63)(H,55,65). The van der Waals surface area contributed by atoms with E-state index in [4.69, 9.17) is 67.5 Å². The van der Waals surface area contributed by atoms with Crippen LogP contribution in [0, 0.1) is 0 Å². The first-order chi connectivity index (χ1) is 32.0. The monoisotopic (exact) mass is 1010 g/mol. The lowest BCUT2D eigenvalue weighted by molar-refractivity contribution is -0.127. The molecule has 4 amide bonds. The highest BCUT2D eigenvalue weighted by molar-refractivity contribution is 6.37. The Morgan fingerprint density at radius 3 is 1.42 bits per heavy atom. The number of rotatable bonds is 19. The molecule has 0 spiro atoms. The Kier molecular flexibility index (Phi) is 18.3. The number of nitrogens with one attached hydrogen (secondary N) is 4. The summed E-state index contributed by atoms with van der Waals surface area (Å²) in [7, 11) is 2.96. The molecule has 0 aliphatic rings. The number of methoxy groups -OCH3 is 2. The van der Waals surface area contributed by atoms with E-state index in [1.807, 2.05) is 0 Å². The second kappa shape index (κ2) is 23.8. The fourth-order valence-corrected chi connectivity index (χ4v) is 7.55. The van der Waals surface area contributed by atoms with Crippen LogP contribution in [0.25, 0.3) is 0 Å². The van der Waals surface area contributed by atoms with Crippen molar-refractivity contribution >= 4 is 127 Å². The molecule has 348 valence electrons. The Morgan fingerprint density at radius 1 is 0.582 bits per heavy atom. The van der Waals surface area contributed by atoms with Crippen LogP contribution in [0.4, 0.5) is 34.1 Å².